The monoisotopic (exact) mass is 297 g/mol. The molecule has 0 aromatic rings. The molecule has 0 bridgehead atoms. The van der Waals surface area contributed by atoms with Gasteiger partial charge >= 0.3 is 6.09 Å². The molecule has 0 aromatic carbocycles. The van der Waals surface area contributed by atoms with Crippen molar-refractivity contribution in [3.8, 4) is 0 Å². The number of likely N-dealkylation sites (tertiary alicyclic amines) is 1. The van der Waals surface area contributed by atoms with Crippen molar-refractivity contribution in [1.82, 2.24) is 4.90 Å². The van der Waals surface area contributed by atoms with Gasteiger partial charge in [0.2, 0.25) is 0 Å². The van der Waals surface area contributed by atoms with Crippen molar-refractivity contribution in [1.29, 1.82) is 0 Å². The van der Waals surface area contributed by atoms with Crippen molar-refractivity contribution >= 4 is 11.9 Å². The summed E-state index contributed by atoms with van der Waals surface area (Å²) < 4.78 is 11.0. The Kier molecular flexibility index (Phi) is 5.25. The van der Waals surface area contributed by atoms with Gasteiger partial charge in [0.1, 0.15) is 11.4 Å². The minimum absolute atomic E-state index is 0.0598. The van der Waals surface area contributed by atoms with Crippen LogP contribution in [0.2, 0.25) is 0 Å². The summed E-state index contributed by atoms with van der Waals surface area (Å²) in [6.45, 7) is 7.37. The van der Waals surface area contributed by atoms with Crippen LogP contribution in [0.15, 0.2) is 0 Å². The van der Waals surface area contributed by atoms with Gasteiger partial charge in [-0.05, 0) is 46.5 Å². The molecule has 5 heteroatoms. The van der Waals surface area contributed by atoms with Crippen LogP contribution in [-0.4, -0.2) is 48.2 Å². The second-order valence-corrected chi connectivity index (χ2v) is 7.05. The SMILES string of the molecule is CC(C)(C)OC(=O)N1CCC(=O)C(CCC2CCCO2)C1. The summed E-state index contributed by atoms with van der Waals surface area (Å²) in [4.78, 5) is 25.8. The molecule has 21 heavy (non-hydrogen) atoms. The van der Waals surface area contributed by atoms with E-state index >= 15 is 0 Å². The molecule has 0 N–H and O–H groups in total. The summed E-state index contributed by atoms with van der Waals surface area (Å²) in [5.41, 5.74) is -0.494. The number of nitrogens with zero attached hydrogens (tertiary/aromatic N) is 1. The highest BCUT2D eigenvalue weighted by Gasteiger charge is 2.32. The van der Waals surface area contributed by atoms with Crippen LogP contribution in [0, 0.1) is 5.92 Å². The zero-order chi connectivity index (χ0) is 15.5. The summed E-state index contributed by atoms with van der Waals surface area (Å²) in [6.07, 6.45) is 4.37. The summed E-state index contributed by atoms with van der Waals surface area (Å²) in [5.74, 6) is 0.211. The van der Waals surface area contributed by atoms with E-state index in [1.165, 1.54) is 0 Å². The van der Waals surface area contributed by atoms with E-state index in [9.17, 15) is 9.59 Å². The predicted octanol–water partition coefficient (Wildman–Crippen LogP) is 2.77. The molecule has 0 aliphatic carbocycles. The lowest BCUT2D eigenvalue weighted by molar-refractivity contribution is -0.126. The Hall–Kier alpha value is -1.10. The highest BCUT2D eigenvalue weighted by molar-refractivity contribution is 5.84. The van der Waals surface area contributed by atoms with E-state index in [4.69, 9.17) is 9.47 Å². The van der Waals surface area contributed by atoms with Crippen molar-refractivity contribution in [3.05, 3.63) is 0 Å². The van der Waals surface area contributed by atoms with Gasteiger partial charge in [0.15, 0.2) is 0 Å². The summed E-state index contributed by atoms with van der Waals surface area (Å²) in [7, 11) is 0. The van der Waals surface area contributed by atoms with E-state index in [0.717, 1.165) is 32.3 Å². The number of rotatable bonds is 3. The topological polar surface area (TPSA) is 55.8 Å². The van der Waals surface area contributed by atoms with Crippen LogP contribution in [-0.2, 0) is 14.3 Å². The molecule has 2 aliphatic heterocycles. The van der Waals surface area contributed by atoms with Crippen molar-refractivity contribution < 1.29 is 19.1 Å². The number of amides is 1. The lowest BCUT2D eigenvalue weighted by atomic mass is 9.91. The average molecular weight is 297 g/mol. The largest absolute Gasteiger partial charge is 0.444 e. The van der Waals surface area contributed by atoms with Crippen LogP contribution in [0.25, 0.3) is 0 Å². The zero-order valence-corrected chi connectivity index (χ0v) is 13.4. The molecule has 120 valence electrons. The smallest absolute Gasteiger partial charge is 0.410 e. The average Bonchev–Trinajstić information content (AvgIpc) is 2.88. The minimum Gasteiger partial charge on any atom is -0.444 e. The van der Waals surface area contributed by atoms with Crippen LogP contribution >= 0.6 is 0 Å². The van der Waals surface area contributed by atoms with E-state index in [1.807, 2.05) is 20.8 Å². The lowest BCUT2D eigenvalue weighted by Crippen LogP contribution is -2.46. The van der Waals surface area contributed by atoms with Crippen molar-refractivity contribution in [2.45, 2.75) is 64.6 Å². The van der Waals surface area contributed by atoms with E-state index in [1.54, 1.807) is 4.90 Å². The van der Waals surface area contributed by atoms with Gasteiger partial charge < -0.3 is 14.4 Å². The number of carbonyl (C=O) groups is 2. The van der Waals surface area contributed by atoms with Gasteiger partial charge in [-0.3, -0.25) is 4.79 Å². The maximum atomic E-state index is 12.1. The number of hydrogen-bond acceptors (Lipinski definition) is 4. The summed E-state index contributed by atoms with van der Waals surface area (Å²) in [6, 6.07) is 0. The molecule has 0 saturated carbocycles. The number of hydrogen-bond donors (Lipinski definition) is 0. The third kappa shape index (κ3) is 4.99. The van der Waals surface area contributed by atoms with Crippen LogP contribution in [0.4, 0.5) is 4.79 Å². The number of ketones is 1. The second-order valence-electron chi connectivity index (χ2n) is 7.05. The first kappa shape index (κ1) is 16.3. The van der Waals surface area contributed by atoms with Crippen LogP contribution in [0.3, 0.4) is 0 Å². The molecule has 0 aromatic heterocycles. The van der Waals surface area contributed by atoms with Gasteiger partial charge in [-0.2, -0.15) is 0 Å². The third-order valence-corrected chi connectivity index (χ3v) is 4.04. The Morgan fingerprint density at radius 3 is 2.76 bits per heavy atom. The van der Waals surface area contributed by atoms with Gasteiger partial charge in [-0.25, -0.2) is 4.79 Å². The standard InChI is InChI=1S/C16H27NO4/c1-16(2,3)21-15(19)17-9-8-14(18)12(11-17)6-7-13-5-4-10-20-13/h12-13H,4-11H2,1-3H3. The number of Topliss-reactive ketones (excluding diaryl/α,β-unsaturated/α-hetero) is 1. The summed E-state index contributed by atoms with van der Waals surface area (Å²) >= 11 is 0. The zero-order valence-electron chi connectivity index (χ0n) is 13.4. The van der Waals surface area contributed by atoms with E-state index < -0.39 is 5.60 Å². The Labute approximate surface area is 127 Å². The molecule has 2 saturated heterocycles. The highest BCUT2D eigenvalue weighted by Crippen LogP contribution is 2.24. The van der Waals surface area contributed by atoms with Gasteiger partial charge in [0, 0.05) is 32.0 Å². The molecular formula is C16H27NO4. The van der Waals surface area contributed by atoms with Crippen molar-refractivity contribution in [2.24, 2.45) is 5.92 Å². The maximum Gasteiger partial charge on any atom is 0.410 e. The number of ether oxygens (including phenoxy) is 2. The van der Waals surface area contributed by atoms with Gasteiger partial charge in [0.05, 0.1) is 6.10 Å². The fraction of sp³-hybridized carbons (Fsp3) is 0.875. The molecule has 5 nitrogen and oxygen atoms in total. The molecule has 1 amide bonds. The Morgan fingerprint density at radius 1 is 1.38 bits per heavy atom. The predicted molar refractivity (Wildman–Crippen MR) is 79.1 cm³/mol. The first-order valence-electron chi connectivity index (χ1n) is 7.97. The molecule has 2 aliphatic rings. The fourth-order valence-electron chi connectivity index (χ4n) is 2.91. The van der Waals surface area contributed by atoms with Crippen LogP contribution in [0.5, 0.6) is 0 Å². The Balaban J connectivity index is 1.83. The second kappa shape index (κ2) is 6.77. The quantitative estimate of drug-likeness (QED) is 0.804. The molecule has 2 atom stereocenters. The highest BCUT2D eigenvalue weighted by atomic mass is 16.6. The normalized spacial score (nSPS) is 27.0. The lowest BCUT2D eigenvalue weighted by Gasteiger charge is -2.33. The summed E-state index contributed by atoms with van der Waals surface area (Å²) in [5, 5.41) is 0. The Bertz CT molecular complexity index is 382. The first-order chi connectivity index (χ1) is 9.85. The molecule has 2 heterocycles. The molecule has 2 rings (SSSR count). The minimum atomic E-state index is -0.494. The maximum absolute atomic E-state index is 12.1. The fourth-order valence-corrected chi connectivity index (χ4v) is 2.91. The molecule has 2 fully saturated rings. The van der Waals surface area contributed by atoms with E-state index in [-0.39, 0.29) is 17.8 Å². The van der Waals surface area contributed by atoms with Gasteiger partial charge in [-0.1, -0.05) is 0 Å². The first-order valence-corrected chi connectivity index (χ1v) is 7.97. The number of piperidine rings is 1. The van der Waals surface area contributed by atoms with E-state index in [0.29, 0.717) is 25.6 Å². The van der Waals surface area contributed by atoms with Crippen molar-refractivity contribution in [2.75, 3.05) is 19.7 Å². The molecular weight excluding hydrogens is 270 g/mol. The Morgan fingerprint density at radius 2 is 2.14 bits per heavy atom. The number of carbonyl (C=O) groups excluding carboxylic acids is 2. The molecule has 0 spiro atoms. The van der Waals surface area contributed by atoms with Crippen molar-refractivity contribution in [3.63, 3.8) is 0 Å². The van der Waals surface area contributed by atoms with Gasteiger partial charge in [0.25, 0.3) is 0 Å². The van der Waals surface area contributed by atoms with Gasteiger partial charge in [-0.15, -0.1) is 0 Å². The van der Waals surface area contributed by atoms with Crippen LogP contribution in [0.1, 0.15) is 52.9 Å². The molecule has 2 unspecified atom stereocenters. The van der Waals surface area contributed by atoms with E-state index in [2.05, 4.69) is 0 Å². The van der Waals surface area contributed by atoms with Crippen LogP contribution < -0.4 is 0 Å². The third-order valence-electron chi connectivity index (χ3n) is 4.04. The molecule has 0 radical (unpaired) electrons.